The molecular formula is C20H29N3O2S. The summed E-state index contributed by atoms with van der Waals surface area (Å²) >= 11 is 1.93. The quantitative estimate of drug-likeness (QED) is 0.459. The fraction of sp³-hybridized carbons (Fsp3) is 0.600. The number of aryl methyl sites for hydroxylation is 1. The molecule has 1 aromatic carbocycles. The highest BCUT2D eigenvalue weighted by Crippen LogP contribution is 2.33. The second kappa shape index (κ2) is 9.31. The van der Waals surface area contributed by atoms with E-state index in [-0.39, 0.29) is 30.1 Å². The van der Waals surface area contributed by atoms with Crippen LogP contribution in [0, 0.1) is 0 Å². The molecule has 142 valence electrons. The molecule has 1 aromatic rings. The zero-order chi connectivity index (χ0) is 18.4. The molecule has 6 heteroatoms. The number of carbonyl (C=O) groups is 2. The van der Waals surface area contributed by atoms with Crippen molar-refractivity contribution in [2.75, 3.05) is 5.75 Å². The Morgan fingerprint density at radius 3 is 2.88 bits per heavy atom. The van der Waals surface area contributed by atoms with Crippen LogP contribution in [0.1, 0.15) is 44.6 Å². The maximum atomic E-state index is 12.1. The largest absolute Gasteiger partial charge is 0.354 e. The molecule has 2 fully saturated rings. The van der Waals surface area contributed by atoms with Crippen molar-refractivity contribution in [3.63, 3.8) is 0 Å². The normalized spacial score (nSPS) is 25.3. The van der Waals surface area contributed by atoms with Gasteiger partial charge in [0.25, 0.3) is 0 Å². The van der Waals surface area contributed by atoms with E-state index < -0.39 is 0 Å². The van der Waals surface area contributed by atoms with Crippen molar-refractivity contribution >= 4 is 23.7 Å². The van der Waals surface area contributed by atoms with Crippen LogP contribution in [0.3, 0.4) is 0 Å². The van der Waals surface area contributed by atoms with Gasteiger partial charge >= 0.3 is 6.03 Å². The predicted molar refractivity (Wildman–Crippen MR) is 106 cm³/mol. The van der Waals surface area contributed by atoms with Gasteiger partial charge < -0.3 is 16.0 Å². The summed E-state index contributed by atoms with van der Waals surface area (Å²) in [6.07, 6.45) is 5.54. The van der Waals surface area contributed by atoms with E-state index in [1.165, 1.54) is 5.56 Å². The maximum Gasteiger partial charge on any atom is 0.315 e. The fourth-order valence-electron chi connectivity index (χ4n) is 3.72. The Kier molecular flexibility index (Phi) is 6.83. The van der Waals surface area contributed by atoms with Crippen LogP contribution in [0.4, 0.5) is 4.79 Å². The molecule has 0 spiro atoms. The monoisotopic (exact) mass is 375 g/mol. The second-order valence-electron chi connectivity index (χ2n) is 7.36. The van der Waals surface area contributed by atoms with E-state index in [1.54, 1.807) is 0 Å². The lowest BCUT2D eigenvalue weighted by Gasteiger charge is -2.17. The van der Waals surface area contributed by atoms with E-state index >= 15 is 0 Å². The number of unbranched alkanes of at least 4 members (excludes halogenated alkanes) is 1. The van der Waals surface area contributed by atoms with Crippen molar-refractivity contribution in [2.24, 2.45) is 0 Å². The summed E-state index contributed by atoms with van der Waals surface area (Å²) in [6, 6.07) is 11.1. The molecule has 0 bridgehead atoms. The van der Waals surface area contributed by atoms with Gasteiger partial charge in [-0.25, -0.2) is 4.79 Å². The molecule has 0 aromatic heterocycles. The molecule has 0 saturated carbocycles. The number of thioether (sulfide) groups is 1. The first-order valence-electron chi connectivity index (χ1n) is 9.64. The minimum absolute atomic E-state index is 0.0332. The average Bonchev–Trinajstić information content (AvgIpc) is 3.17. The summed E-state index contributed by atoms with van der Waals surface area (Å²) in [4.78, 5) is 23.5. The summed E-state index contributed by atoms with van der Waals surface area (Å²) in [7, 11) is 0. The molecule has 3 N–H and O–H groups in total. The summed E-state index contributed by atoms with van der Waals surface area (Å²) < 4.78 is 0. The van der Waals surface area contributed by atoms with Crippen molar-refractivity contribution in [1.29, 1.82) is 0 Å². The van der Waals surface area contributed by atoms with Crippen LogP contribution in [-0.2, 0) is 11.2 Å². The van der Waals surface area contributed by atoms with E-state index in [2.05, 4.69) is 47.1 Å². The molecule has 3 amide bonds. The van der Waals surface area contributed by atoms with Crippen LogP contribution >= 0.6 is 11.8 Å². The lowest BCUT2D eigenvalue weighted by atomic mass is 10.0. The van der Waals surface area contributed by atoms with Crippen molar-refractivity contribution < 1.29 is 9.59 Å². The number of benzene rings is 1. The van der Waals surface area contributed by atoms with Crippen LogP contribution in [0.5, 0.6) is 0 Å². The Hall–Kier alpha value is -1.69. The third-order valence-corrected chi connectivity index (χ3v) is 6.71. The van der Waals surface area contributed by atoms with Crippen molar-refractivity contribution in [1.82, 2.24) is 16.0 Å². The Bertz CT molecular complexity index is 610. The van der Waals surface area contributed by atoms with Gasteiger partial charge in [0.05, 0.1) is 12.1 Å². The minimum Gasteiger partial charge on any atom is -0.354 e. The van der Waals surface area contributed by atoms with E-state index in [0.717, 1.165) is 37.9 Å². The van der Waals surface area contributed by atoms with Crippen LogP contribution in [0.25, 0.3) is 0 Å². The zero-order valence-electron chi connectivity index (χ0n) is 15.4. The molecule has 2 aliphatic heterocycles. The Labute approximate surface area is 160 Å². The number of urea groups is 1. The van der Waals surface area contributed by atoms with E-state index in [9.17, 15) is 9.59 Å². The van der Waals surface area contributed by atoms with Gasteiger partial charge in [-0.05, 0) is 38.2 Å². The Morgan fingerprint density at radius 1 is 1.27 bits per heavy atom. The van der Waals surface area contributed by atoms with Crippen molar-refractivity contribution in [3.05, 3.63) is 35.9 Å². The smallest absolute Gasteiger partial charge is 0.315 e. The lowest BCUT2D eigenvalue weighted by molar-refractivity contribution is -0.121. The first-order valence-corrected chi connectivity index (χ1v) is 10.7. The second-order valence-corrected chi connectivity index (χ2v) is 8.63. The topological polar surface area (TPSA) is 70.2 Å². The van der Waals surface area contributed by atoms with E-state index in [1.807, 2.05) is 17.8 Å². The molecule has 4 atom stereocenters. The summed E-state index contributed by atoms with van der Waals surface area (Å²) in [5.41, 5.74) is 1.31. The number of carbonyl (C=O) groups excluding carboxylic acids is 2. The number of hydrogen-bond donors (Lipinski definition) is 3. The van der Waals surface area contributed by atoms with Gasteiger partial charge in [-0.1, -0.05) is 36.8 Å². The zero-order valence-corrected chi connectivity index (χ0v) is 16.2. The number of fused-ring (bicyclic) bond motifs is 1. The molecule has 1 unspecified atom stereocenters. The molecule has 3 rings (SSSR count). The van der Waals surface area contributed by atoms with Crippen LogP contribution in [-0.4, -0.2) is 41.1 Å². The third kappa shape index (κ3) is 5.40. The average molecular weight is 376 g/mol. The van der Waals surface area contributed by atoms with Gasteiger partial charge in [0.2, 0.25) is 5.91 Å². The fourth-order valence-corrected chi connectivity index (χ4v) is 5.26. The molecule has 26 heavy (non-hydrogen) atoms. The highest BCUT2D eigenvalue weighted by molar-refractivity contribution is 8.00. The summed E-state index contributed by atoms with van der Waals surface area (Å²) in [6.45, 7) is 2.08. The molecule has 5 nitrogen and oxygen atoms in total. The Balaban J connectivity index is 1.26. The van der Waals surface area contributed by atoms with Gasteiger partial charge in [0.15, 0.2) is 0 Å². The van der Waals surface area contributed by atoms with Crippen molar-refractivity contribution in [3.8, 4) is 0 Å². The number of rotatable bonds is 9. The molecule has 0 radical (unpaired) electrons. The van der Waals surface area contributed by atoms with Crippen LogP contribution < -0.4 is 16.0 Å². The molecule has 2 saturated heterocycles. The van der Waals surface area contributed by atoms with Gasteiger partial charge in [0.1, 0.15) is 0 Å². The van der Waals surface area contributed by atoms with Crippen LogP contribution in [0.2, 0.25) is 0 Å². The molecule has 2 heterocycles. The highest BCUT2D eigenvalue weighted by atomic mass is 32.2. The van der Waals surface area contributed by atoms with Gasteiger partial charge in [-0.3, -0.25) is 4.79 Å². The Morgan fingerprint density at radius 2 is 2.08 bits per heavy atom. The third-order valence-electron chi connectivity index (χ3n) is 5.20. The SMILES string of the molecule is CC(CCc1ccccc1)NC(=O)CCCC[C@@H]1SC[C@@H]2NC(=O)N[C@@H]21. The lowest BCUT2D eigenvalue weighted by Crippen LogP contribution is -2.36. The standard InChI is InChI=1S/C20H29N3O2S/c1-14(11-12-15-7-3-2-4-8-15)21-18(24)10-6-5-9-17-19-16(13-26-17)22-20(25)23-19/h2-4,7-8,14,16-17,19H,5-6,9-13H2,1H3,(H,21,24)(H2,22,23,25)/t14?,16-,17-,19-/m0/s1. The molecule has 2 aliphatic rings. The summed E-state index contributed by atoms with van der Waals surface area (Å²) in [5, 5.41) is 9.57. The van der Waals surface area contributed by atoms with Crippen molar-refractivity contribution in [2.45, 2.75) is 68.8 Å². The minimum atomic E-state index is -0.0332. The van der Waals surface area contributed by atoms with E-state index in [0.29, 0.717) is 11.7 Å². The first-order chi connectivity index (χ1) is 12.6. The van der Waals surface area contributed by atoms with E-state index in [4.69, 9.17) is 0 Å². The van der Waals surface area contributed by atoms with Gasteiger partial charge in [0, 0.05) is 23.5 Å². The maximum absolute atomic E-state index is 12.1. The molecule has 0 aliphatic carbocycles. The van der Waals surface area contributed by atoms with Crippen LogP contribution in [0.15, 0.2) is 30.3 Å². The number of amides is 3. The van der Waals surface area contributed by atoms with Gasteiger partial charge in [-0.15, -0.1) is 0 Å². The number of nitrogens with one attached hydrogen (secondary N) is 3. The molecular weight excluding hydrogens is 346 g/mol. The predicted octanol–water partition coefficient (Wildman–Crippen LogP) is 2.85. The number of hydrogen-bond acceptors (Lipinski definition) is 3. The van der Waals surface area contributed by atoms with Gasteiger partial charge in [-0.2, -0.15) is 11.8 Å². The first kappa shape index (κ1) is 19.1. The highest BCUT2D eigenvalue weighted by Gasteiger charge is 2.42. The summed E-state index contributed by atoms with van der Waals surface area (Å²) in [5.74, 6) is 1.14.